The number of para-hydroxylation sites is 1. The zero-order valence-electron chi connectivity index (χ0n) is 8.19. The summed E-state index contributed by atoms with van der Waals surface area (Å²) < 4.78 is 26.2. The lowest BCUT2D eigenvalue weighted by molar-refractivity contribution is -0.386. The van der Waals surface area contributed by atoms with Crippen LogP contribution in [0.15, 0.2) is 18.2 Å². The van der Waals surface area contributed by atoms with Crippen molar-refractivity contribution < 1.29 is 23.6 Å². The van der Waals surface area contributed by atoms with Crippen molar-refractivity contribution in [2.24, 2.45) is 0 Å². The number of nitrogens with zero attached hydrogens (tertiary/aromatic N) is 1. The normalized spacial score (nSPS) is 10.5. The summed E-state index contributed by atoms with van der Waals surface area (Å²) in [5, 5.41) is 18.2. The van der Waals surface area contributed by atoms with Crippen molar-refractivity contribution in [2.75, 3.05) is 0 Å². The van der Waals surface area contributed by atoms with Crippen molar-refractivity contribution >= 4 is 23.3 Å². The summed E-state index contributed by atoms with van der Waals surface area (Å²) >= 11 is 5.37. The Labute approximate surface area is 98.5 Å². The van der Waals surface area contributed by atoms with Gasteiger partial charge in [0, 0.05) is 0 Å². The van der Waals surface area contributed by atoms with E-state index in [2.05, 4.69) is 0 Å². The van der Waals surface area contributed by atoms with E-state index >= 15 is 0 Å². The molecule has 1 aromatic rings. The molecule has 0 spiro atoms. The number of hydrogen-bond acceptors (Lipinski definition) is 4. The van der Waals surface area contributed by atoms with Crippen LogP contribution < -0.4 is 6.15 Å². The van der Waals surface area contributed by atoms with Crippen LogP contribution in [-0.4, -0.2) is 16.0 Å². The third kappa shape index (κ3) is 2.66. The van der Waals surface area contributed by atoms with Crippen LogP contribution in [0.2, 0.25) is 5.02 Å². The van der Waals surface area contributed by atoms with Crippen LogP contribution in [-0.2, 0) is 10.7 Å². The molecule has 0 radical (unpaired) electrons. The van der Waals surface area contributed by atoms with E-state index in [9.17, 15) is 23.7 Å². The number of nitro groups is 1. The van der Waals surface area contributed by atoms with Crippen molar-refractivity contribution in [3.63, 3.8) is 0 Å². The molecule has 0 saturated carbocycles. The van der Waals surface area contributed by atoms with Crippen molar-refractivity contribution in [3.8, 4) is 0 Å². The highest BCUT2D eigenvalue weighted by molar-refractivity contribution is 6.32. The molecular formula is C8H7ClF2N2O4. The fourth-order valence-electron chi connectivity index (χ4n) is 1.07. The molecule has 0 aliphatic heterocycles. The minimum atomic E-state index is -4.35. The summed E-state index contributed by atoms with van der Waals surface area (Å²) in [5.41, 5.74) is -2.34. The quantitative estimate of drug-likeness (QED) is 0.645. The number of halogens is 3. The van der Waals surface area contributed by atoms with Gasteiger partial charge in [-0.15, -0.1) is 0 Å². The lowest BCUT2D eigenvalue weighted by atomic mass is 10.1. The first-order chi connectivity index (χ1) is 7.28. The number of rotatable bonds is 3. The van der Waals surface area contributed by atoms with Gasteiger partial charge in [-0.3, -0.25) is 10.1 Å². The molecule has 0 aliphatic rings. The molecule has 0 heterocycles. The first-order valence-corrected chi connectivity index (χ1v) is 4.21. The van der Waals surface area contributed by atoms with E-state index in [-0.39, 0.29) is 6.15 Å². The monoisotopic (exact) mass is 268 g/mol. The molecule has 1 rings (SSSR count). The van der Waals surface area contributed by atoms with E-state index < -0.39 is 33.1 Å². The zero-order chi connectivity index (χ0) is 12.5. The van der Waals surface area contributed by atoms with Gasteiger partial charge in [-0.2, -0.15) is 8.78 Å². The van der Waals surface area contributed by atoms with Crippen LogP contribution in [0, 0.1) is 10.1 Å². The summed E-state index contributed by atoms with van der Waals surface area (Å²) in [5.74, 6) is -6.83. The van der Waals surface area contributed by atoms with E-state index in [0.717, 1.165) is 12.1 Å². The third-order valence-electron chi connectivity index (χ3n) is 1.78. The Bertz CT molecular complexity index is 467. The summed E-state index contributed by atoms with van der Waals surface area (Å²) in [6, 6.07) is 2.70. The van der Waals surface area contributed by atoms with Crippen LogP contribution in [0.1, 0.15) is 5.56 Å². The van der Waals surface area contributed by atoms with E-state index in [4.69, 9.17) is 16.7 Å². The number of carboxylic acids is 1. The Morgan fingerprint density at radius 1 is 1.47 bits per heavy atom. The van der Waals surface area contributed by atoms with E-state index in [1.165, 1.54) is 0 Å². The van der Waals surface area contributed by atoms with Crippen molar-refractivity contribution in [3.05, 3.63) is 38.9 Å². The maximum Gasteiger partial charge on any atom is 0.379 e. The highest BCUT2D eigenvalue weighted by Gasteiger charge is 2.46. The van der Waals surface area contributed by atoms with Gasteiger partial charge in [0.15, 0.2) is 0 Å². The Balaban J connectivity index is 0.00000256. The van der Waals surface area contributed by atoms with Gasteiger partial charge < -0.3 is 11.3 Å². The van der Waals surface area contributed by atoms with E-state index in [0.29, 0.717) is 6.07 Å². The van der Waals surface area contributed by atoms with Crippen LogP contribution in [0.3, 0.4) is 0 Å². The molecule has 0 bridgehead atoms. The number of carbonyl (C=O) groups is 1. The van der Waals surface area contributed by atoms with Gasteiger partial charge in [-0.05, 0) is 12.1 Å². The largest absolute Gasteiger partial charge is 0.477 e. The molecule has 4 N–H and O–H groups in total. The zero-order valence-corrected chi connectivity index (χ0v) is 8.95. The minimum absolute atomic E-state index is 0. The number of alkyl halides is 2. The highest BCUT2D eigenvalue weighted by Crippen LogP contribution is 2.38. The molecule has 0 saturated heterocycles. The topological polar surface area (TPSA) is 115 Å². The Morgan fingerprint density at radius 3 is 2.41 bits per heavy atom. The smallest absolute Gasteiger partial charge is 0.379 e. The van der Waals surface area contributed by atoms with Gasteiger partial charge in [0.2, 0.25) is 0 Å². The van der Waals surface area contributed by atoms with Crippen molar-refractivity contribution in [2.45, 2.75) is 5.92 Å². The van der Waals surface area contributed by atoms with Gasteiger partial charge in [0.25, 0.3) is 5.69 Å². The van der Waals surface area contributed by atoms with Crippen LogP contribution >= 0.6 is 11.6 Å². The second-order valence-electron chi connectivity index (χ2n) is 2.77. The molecule has 0 aliphatic carbocycles. The fraction of sp³-hybridized carbons (Fsp3) is 0.125. The maximum atomic E-state index is 13.1. The Morgan fingerprint density at radius 2 is 2.00 bits per heavy atom. The van der Waals surface area contributed by atoms with Crippen LogP contribution in [0.5, 0.6) is 0 Å². The number of carboxylic acid groups (broad SMARTS) is 1. The van der Waals surface area contributed by atoms with Gasteiger partial charge in [0.1, 0.15) is 10.6 Å². The summed E-state index contributed by atoms with van der Waals surface area (Å²) in [6.07, 6.45) is 0. The predicted octanol–water partition coefficient (Wildman–Crippen LogP) is 2.59. The average molecular weight is 269 g/mol. The fourth-order valence-corrected chi connectivity index (χ4v) is 1.31. The first kappa shape index (κ1) is 15.2. The minimum Gasteiger partial charge on any atom is -0.477 e. The standard InChI is InChI=1S/C8H4ClF2NO4.H3N/c9-5-3-1-2-4(6(5)12(15)16)8(10,11)7(13)14;/h1-3H,(H,13,14);1H3. The third-order valence-corrected chi connectivity index (χ3v) is 2.08. The van der Waals surface area contributed by atoms with E-state index in [1.807, 2.05) is 0 Å². The second kappa shape index (κ2) is 5.02. The Hall–Kier alpha value is -1.80. The van der Waals surface area contributed by atoms with Gasteiger partial charge >= 0.3 is 11.9 Å². The van der Waals surface area contributed by atoms with Gasteiger partial charge in [0.05, 0.1) is 4.92 Å². The molecule has 0 unspecified atom stereocenters. The number of aliphatic carboxylic acids is 1. The molecule has 94 valence electrons. The molecule has 0 amide bonds. The predicted molar refractivity (Wildman–Crippen MR) is 54.7 cm³/mol. The molecule has 9 heteroatoms. The van der Waals surface area contributed by atoms with Crippen LogP contribution in [0.25, 0.3) is 0 Å². The molecule has 0 aromatic heterocycles. The highest BCUT2D eigenvalue weighted by atomic mass is 35.5. The van der Waals surface area contributed by atoms with E-state index in [1.54, 1.807) is 0 Å². The lowest BCUT2D eigenvalue weighted by Gasteiger charge is -2.11. The van der Waals surface area contributed by atoms with Gasteiger partial charge in [-0.25, -0.2) is 4.79 Å². The molecule has 0 fully saturated rings. The first-order valence-electron chi connectivity index (χ1n) is 3.83. The number of benzene rings is 1. The van der Waals surface area contributed by atoms with Crippen molar-refractivity contribution in [1.82, 2.24) is 6.15 Å². The lowest BCUT2D eigenvalue weighted by Crippen LogP contribution is -2.26. The van der Waals surface area contributed by atoms with Crippen molar-refractivity contribution in [1.29, 1.82) is 0 Å². The van der Waals surface area contributed by atoms with Gasteiger partial charge in [-0.1, -0.05) is 17.7 Å². The summed E-state index contributed by atoms with van der Waals surface area (Å²) in [6.45, 7) is 0. The molecule has 6 nitrogen and oxygen atoms in total. The SMILES string of the molecule is N.O=C(O)C(F)(F)c1cccc(Cl)c1[N+](=O)[O-]. The summed E-state index contributed by atoms with van der Waals surface area (Å²) in [4.78, 5) is 19.7. The molecule has 1 aromatic carbocycles. The average Bonchev–Trinajstić information content (AvgIpc) is 2.16. The Kier molecular flexibility index (Phi) is 4.49. The maximum absolute atomic E-state index is 13.1. The molecule has 17 heavy (non-hydrogen) atoms. The number of nitro benzene ring substituents is 1. The molecular weight excluding hydrogens is 262 g/mol. The number of hydrogen-bond donors (Lipinski definition) is 2. The summed E-state index contributed by atoms with van der Waals surface area (Å²) in [7, 11) is 0. The van der Waals surface area contributed by atoms with Crippen LogP contribution in [0.4, 0.5) is 14.5 Å². The second-order valence-corrected chi connectivity index (χ2v) is 3.18. The molecule has 0 atom stereocenters.